The molecule has 7 heteroatoms. The highest BCUT2D eigenvalue weighted by Crippen LogP contribution is 2.19. The first-order valence-corrected chi connectivity index (χ1v) is 9.87. The van der Waals surface area contributed by atoms with Gasteiger partial charge in [-0.15, -0.1) is 12.4 Å². The summed E-state index contributed by atoms with van der Waals surface area (Å²) < 4.78 is 5.82. The van der Waals surface area contributed by atoms with Gasteiger partial charge in [0.15, 0.2) is 0 Å². The van der Waals surface area contributed by atoms with Gasteiger partial charge in [0.05, 0.1) is 18.6 Å². The molecule has 2 rings (SSSR count). The smallest absolute Gasteiger partial charge is 0.239 e. The molecule has 0 fully saturated rings. The highest BCUT2D eigenvalue weighted by Gasteiger charge is 2.18. The quantitative estimate of drug-likeness (QED) is 0.565. The predicted octanol–water partition coefficient (Wildman–Crippen LogP) is 3.27. The van der Waals surface area contributed by atoms with Crippen molar-refractivity contribution in [1.29, 1.82) is 0 Å². The van der Waals surface area contributed by atoms with E-state index >= 15 is 0 Å². The zero-order valence-electron chi connectivity index (χ0n) is 18.0. The molecule has 0 heterocycles. The van der Waals surface area contributed by atoms with Gasteiger partial charge in [0.1, 0.15) is 12.4 Å². The van der Waals surface area contributed by atoms with Crippen LogP contribution in [0.3, 0.4) is 0 Å². The molecule has 0 aliphatic carbocycles. The molecule has 2 amide bonds. The SMILES string of the molecule is Cc1cccc(COc2ccc(C(C)NC(=O)CNC(=O)[C@@H](N)C(C)C)cc2)c1.Cl. The Morgan fingerprint density at radius 2 is 1.73 bits per heavy atom. The zero-order valence-corrected chi connectivity index (χ0v) is 18.8. The van der Waals surface area contributed by atoms with Crippen molar-refractivity contribution in [2.24, 2.45) is 11.7 Å². The second kappa shape index (κ2) is 12.2. The van der Waals surface area contributed by atoms with Gasteiger partial charge in [0.25, 0.3) is 0 Å². The molecule has 4 N–H and O–H groups in total. The number of hydrogen-bond acceptors (Lipinski definition) is 4. The lowest BCUT2D eigenvalue weighted by molar-refractivity contribution is -0.127. The second-order valence-corrected chi connectivity index (χ2v) is 7.62. The Bertz CT molecular complexity index is 825. The van der Waals surface area contributed by atoms with Crippen LogP contribution in [-0.4, -0.2) is 24.4 Å². The average molecular weight is 434 g/mol. The van der Waals surface area contributed by atoms with Gasteiger partial charge in [0, 0.05) is 0 Å². The van der Waals surface area contributed by atoms with Crippen molar-refractivity contribution in [1.82, 2.24) is 10.6 Å². The topological polar surface area (TPSA) is 93.5 Å². The first-order chi connectivity index (χ1) is 13.8. The van der Waals surface area contributed by atoms with Crippen LogP contribution < -0.4 is 21.1 Å². The fraction of sp³-hybridized carbons (Fsp3) is 0.391. The summed E-state index contributed by atoms with van der Waals surface area (Å²) >= 11 is 0. The van der Waals surface area contributed by atoms with Gasteiger partial charge >= 0.3 is 0 Å². The van der Waals surface area contributed by atoms with Gasteiger partial charge in [0.2, 0.25) is 11.8 Å². The maximum Gasteiger partial charge on any atom is 0.239 e. The molecule has 2 aromatic rings. The number of carbonyl (C=O) groups is 2. The number of aryl methyl sites for hydroxylation is 1. The molecule has 0 radical (unpaired) electrons. The number of hydrogen-bond donors (Lipinski definition) is 3. The second-order valence-electron chi connectivity index (χ2n) is 7.62. The third-order valence-electron chi connectivity index (χ3n) is 4.69. The van der Waals surface area contributed by atoms with Crippen molar-refractivity contribution < 1.29 is 14.3 Å². The van der Waals surface area contributed by atoms with E-state index in [4.69, 9.17) is 10.5 Å². The van der Waals surface area contributed by atoms with E-state index in [1.54, 1.807) is 0 Å². The van der Waals surface area contributed by atoms with Crippen LogP contribution in [0.15, 0.2) is 48.5 Å². The van der Waals surface area contributed by atoms with Gasteiger partial charge in [-0.1, -0.05) is 55.8 Å². The Balaban J connectivity index is 0.00000450. The van der Waals surface area contributed by atoms with Crippen molar-refractivity contribution >= 4 is 24.2 Å². The third-order valence-corrected chi connectivity index (χ3v) is 4.69. The maximum atomic E-state index is 12.1. The van der Waals surface area contributed by atoms with E-state index in [9.17, 15) is 9.59 Å². The van der Waals surface area contributed by atoms with E-state index in [-0.39, 0.29) is 42.7 Å². The Hall–Kier alpha value is -2.57. The van der Waals surface area contributed by atoms with Gasteiger partial charge in [-0.25, -0.2) is 0 Å². The Morgan fingerprint density at radius 1 is 1.07 bits per heavy atom. The van der Waals surface area contributed by atoms with Gasteiger partial charge in [-0.05, 0) is 43.0 Å². The minimum atomic E-state index is -0.618. The van der Waals surface area contributed by atoms with Crippen LogP contribution in [0.25, 0.3) is 0 Å². The summed E-state index contributed by atoms with van der Waals surface area (Å²) in [4.78, 5) is 23.9. The molecule has 0 saturated heterocycles. The molecule has 164 valence electrons. The number of nitrogens with one attached hydrogen (secondary N) is 2. The van der Waals surface area contributed by atoms with Crippen LogP contribution in [0.2, 0.25) is 0 Å². The van der Waals surface area contributed by atoms with Crippen LogP contribution in [0.1, 0.15) is 43.5 Å². The first kappa shape index (κ1) is 25.5. The van der Waals surface area contributed by atoms with Gasteiger partial charge < -0.3 is 21.1 Å². The minimum absolute atomic E-state index is 0. The summed E-state index contributed by atoms with van der Waals surface area (Å²) in [6.07, 6.45) is 0. The van der Waals surface area contributed by atoms with Crippen molar-refractivity contribution in [3.8, 4) is 5.75 Å². The highest BCUT2D eigenvalue weighted by atomic mass is 35.5. The third kappa shape index (κ3) is 8.05. The zero-order chi connectivity index (χ0) is 21.4. The number of rotatable bonds is 9. The van der Waals surface area contributed by atoms with E-state index in [1.165, 1.54) is 5.56 Å². The first-order valence-electron chi connectivity index (χ1n) is 9.87. The number of amides is 2. The Morgan fingerprint density at radius 3 is 2.33 bits per heavy atom. The van der Waals surface area contributed by atoms with E-state index in [1.807, 2.05) is 57.2 Å². The van der Waals surface area contributed by atoms with Crippen LogP contribution in [-0.2, 0) is 16.2 Å². The number of ether oxygens (including phenoxy) is 1. The lowest BCUT2D eigenvalue weighted by Gasteiger charge is -2.17. The summed E-state index contributed by atoms with van der Waals surface area (Å²) in [5, 5.41) is 5.44. The van der Waals surface area contributed by atoms with Crippen molar-refractivity contribution in [3.05, 3.63) is 65.2 Å². The van der Waals surface area contributed by atoms with Crippen LogP contribution in [0, 0.1) is 12.8 Å². The lowest BCUT2D eigenvalue weighted by Crippen LogP contribution is -2.47. The summed E-state index contributed by atoms with van der Waals surface area (Å²) in [7, 11) is 0. The van der Waals surface area contributed by atoms with Gasteiger partial charge in [-0.2, -0.15) is 0 Å². The summed E-state index contributed by atoms with van der Waals surface area (Å²) in [6, 6.07) is 15.0. The predicted molar refractivity (Wildman–Crippen MR) is 122 cm³/mol. The molecule has 0 saturated carbocycles. The lowest BCUT2D eigenvalue weighted by atomic mass is 10.1. The fourth-order valence-corrected chi connectivity index (χ4v) is 2.79. The normalized spacial score (nSPS) is 12.5. The molecule has 0 spiro atoms. The molecule has 0 aliphatic heterocycles. The molecule has 0 bridgehead atoms. The Labute approximate surface area is 185 Å². The molecule has 6 nitrogen and oxygen atoms in total. The largest absolute Gasteiger partial charge is 0.489 e. The molecule has 30 heavy (non-hydrogen) atoms. The molecular weight excluding hydrogens is 402 g/mol. The number of benzene rings is 2. The fourth-order valence-electron chi connectivity index (χ4n) is 2.79. The van der Waals surface area contributed by atoms with Crippen molar-refractivity contribution in [3.63, 3.8) is 0 Å². The van der Waals surface area contributed by atoms with Crippen LogP contribution in [0.4, 0.5) is 0 Å². The number of halogens is 1. The molecule has 0 aliphatic rings. The molecule has 1 unspecified atom stereocenters. The monoisotopic (exact) mass is 433 g/mol. The van der Waals surface area contributed by atoms with Crippen molar-refractivity contribution in [2.75, 3.05) is 6.54 Å². The highest BCUT2D eigenvalue weighted by molar-refractivity contribution is 5.87. The van der Waals surface area contributed by atoms with E-state index in [0.717, 1.165) is 16.9 Å². The molecule has 2 aromatic carbocycles. The average Bonchev–Trinajstić information content (AvgIpc) is 2.70. The minimum Gasteiger partial charge on any atom is -0.489 e. The summed E-state index contributed by atoms with van der Waals surface area (Å²) in [5.41, 5.74) is 9.04. The van der Waals surface area contributed by atoms with E-state index in [2.05, 4.69) is 29.7 Å². The maximum absolute atomic E-state index is 12.1. The standard InChI is InChI=1S/C23H31N3O3.ClH/c1-15(2)22(24)23(28)25-13-21(27)26-17(4)19-8-10-20(11-9-19)29-14-18-7-5-6-16(3)12-18;/h5-12,15,17,22H,13-14,24H2,1-4H3,(H,25,28)(H,26,27);1H/t17?,22-;/m0./s1. The van der Waals surface area contributed by atoms with Crippen LogP contribution >= 0.6 is 12.4 Å². The summed E-state index contributed by atoms with van der Waals surface area (Å²) in [5.74, 6) is 0.201. The van der Waals surface area contributed by atoms with E-state index in [0.29, 0.717) is 6.61 Å². The molecular formula is C23H32ClN3O3. The Kier molecular flexibility index (Phi) is 10.4. The molecule has 2 atom stereocenters. The van der Waals surface area contributed by atoms with Crippen LogP contribution in [0.5, 0.6) is 5.75 Å². The summed E-state index contributed by atoms with van der Waals surface area (Å²) in [6.45, 7) is 8.08. The number of carbonyl (C=O) groups excluding carboxylic acids is 2. The van der Waals surface area contributed by atoms with Crippen molar-refractivity contribution in [2.45, 2.75) is 46.4 Å². The van der Waals surface area contributed by atoms with Gasteiger partial charge in [-0.3, -0.25) is 9.59 Å². The molecule has 0 aromatic heterocycles. The van der Waals surface area contributed by atoms with E-state index < -0.39 is 6.04 Å². The number of nitrogens with two attached hydrogens (primary N) is 1.